The number of likely N-dealkylation sites (tertiary alicyclic amines) is 1. The first kappa shape index (κ1) is 17.3. The smallest absolute Gasteiger partial charge is 0.225 e. The van der Waals surface area contributed by atoms with Crippen molar-refractivity contribution in [2.24, 2.45) is 17.8 Å². The second-order valence-corrected chi connectivity index (χ2v) is 6.87. The highest BCUT2D eigenvalue weighted by Gasteiger charge is 2.29. The first-order valence-corrected chi connectivity index (χ1v) is 8.89. The molecule has 2 aliphatic rings. The van der Waals surface area contributed by atoms with Crippen molar-refractivity contribution in [1.82, 2.24) is 15.5 Å². The number of rotatable bonds is 6. The molecule has 2 N–H and O–H groups in total. The molecule has 3 unspecified atom stereocenters. The molecule has 2 amide bonds. The van der Waals surface area contributed by atoms with Crippen molar-refractivity contribution in [3.8, 4) is 0 Å². The minimum atomic E-state index is -0.0246. The summed E-state index contributed by atoms with van der Waals surface area (Å²) < 4.78 is 0. The van der Waals surface area contributed by atoms with Gasteiger partial charge in [-0.15, -0.1) is 0 Å². The lowest BCUT2D eigenvalue weighted by Crippen LogP contribution is -2.47. The number of nitrogens with one attached hydrogen (secondary N) is 2. The van der Waals surface area contributed by atoms with E-state index >= 15 is 0 Å². The standard InChI is InChI=1S/C17H31N3O2/c1-3-13(2)17(22)20-10-4-5-15(12-20)16(21)19-9-7-14-6-8-18-11-14/h13-15,18H,3-12H2,1-2H3,(H,19,21). The van der Waals surface area contributed by atoms with Crippen LogP contribution in [0.4, 0.5) is 0 Å². The summed E-state index contributed by atoms with van der Waals surface area (Å²) in [4.78, 5) is 26.5. The van der Waals surface area contributed by atoms with E-state index < -0.39 is 0 Å². The summed E-state index contributed by atoms with van der Waals surface area (Å²) in [6.07, 6.45) is 4.98. The highest BCUT2D eigenvalue weighted by molar-refractivity contribution is 5.82. The van der Waals surface area contributed by atoms with Crippen LogP contribution in [-0.2, 0) is 9.59 Å². The Morgan fingerprint density at radius 2 is 2.18 bits per heavy atom. The van der Waals surface area contributed by atoms with Crippen LogP contribution in [0.1, 0.15) is 46.0 Å². The van der Waals surface area contributed by atoms with Crippen molar-refractivity contribution >= 4 is 11.8 Å². The van der Waals surface area contributed by atoms with Crippen LogP contribution < -0.4 is 10.6 Å². The largest absolute Gasteiger partial charge is 0.356 e. The number of piperidine rings is 1. The van der Waals surface area contributed by atoms with E-state index in [1.807, 2.05) is 18.7 Å². The van der Waals surface area contributed by atoms with Crippen LogP contribution in [0.15, 0.2) is 0 Å². The molecule has 3 atom stereocenters. The highest BCUT2D eigenvalue weighted by atomic mass is 16.2. The first-order valence-electron chi connectivity index (χ1n) is 8.89. The maximum absolute atomic E-state index is 12.3. The predicted octanol–water partition coefficient (Wildman–Crippen LogP) is 1.39. The van der Waals surface area contributed by atoms with Gasteiger partial charge < -0.3 is 15.5 Å². The topological polar surface area (TPSA) is 61.4 Å². The van der Waals surface area contributed by atoms with Crippen molar-refractivity contribution in [1.29, 1.82) is 0 Å². The zero-order chi connectivity index (χ0) is 15.9. The summed E-state index contributed by atoms with van der Waals surface area (Å²) in [5.41, 5.74) is 0. The molecule has 0 aromatic carbocycles. The summed E-state index contributed by atoms with van der Waals surface area (Å²) in [5, 5.41) is 6.43. The van der Waals surface area contributed by atoms with E-state index in [0.29, 0.717) is 12.5 Å². The average Bonchev–Trinajstić information content (AvgIpc) is 3.06. The highest BCUT2D eigenvalue weighted by Crippen LogP contribution is 2.19. The third-order valence-electron chi connectivity index (χ3n) is 5.15. The van der Waals surface area contributed by atoms with Gasteiger partial charge in [0.25, 0.3) is 0 Å². The lowest BCUT2D eigenvalue weighted by Gasteiger charge is -2.33. The molecule has 126 valence electrons. The number of carbonyl (C=O) groups is 2. The molecular formula is C17H31N3O2. The normalized spacial score (nSPS) is 26.7. The second kappa shape index (κ2) is 8.51. The van der Waals surface area contributed by atoms with E-state index in [9.17, 15) is 9.59 Å². The fraction of sp³-hybridized carbons (Fsp3) is 0.882. The van der Waals surface area contributed by atoms with Gasteiger partial charge in [-0.3, -0.25) is 9.59 Å². The molecule has 0 aromatic rings. The van der Waals surface area contributed by atoms with E-state index in [4.69, 9.17) is 0 Å². The Morgan fingerprint density at radius 1 is 1.36 bits per heavy atom. The second-order valence-electron chi connectivity index (χ2n) is 6.87. The number of hydrogen-bond donors (Lipinski definition) is 2. The predicted molar refractivity (Wildman–Crippen MR) is 87.4 cm³/mol. The zero-order valence-corrected chi connectivity index (χ0v) is 14.1. The number of hydrogen-bond acceptors (Lipinski definition) is 3. The lowest BCUT2D eigenvalue weighted by molar-refractivity contribution is -0.138. The molecule has 5 heteroatoms. The maximum Gasteiger partial charge on any atom is 0.225 e. The van der Waals surface area contributed by atoms with E-state index in [-0.39, 0.29) is 23.7 Å². The van der Waals surface area contributed by atoms with E-state index in [2.05, 4.69) is 10.6 Å². The van der Waals surface area contributed by atoms with Gasteiger partial charge in [-0.1, -0.05) is 13.8 Å². The van der Waals surface area contributed by atoms with Gasteiger partial charge in [0.15, 0.2) is 0 Å². The maximum atomic E-state index is 12.3. The third kappa shape index (κ3) is 4.70. The molecule has 2 rings (SSSR count). The Labute approximate surface area is 134 Å². The van der Waals surface area contributed by atoms with Crippen LogP contribution in [-0.4, -0.2) is 49.4 Å². The molecule has 0 aliphatic carbocycles. The molecule has 2 aliphatic heterocycles. The minimum absolute atomic E-state index is 0.0246. The molecule has 0 radical (unpaired) electrons. The Bertz CT molecular complexity index is 380. The Balaban J connectivity index is 1.73. The van der Waals surface area contributed by atoms with E-state index in [1.54, 1.807) is 0 Å². The van der Waals surface area contributed by atoms with Gasteiger partial charge >= 0.3 is 0 Å². The molecule has 22 heavy (non-hydrogen) atoms. The van der Waals surface area contributed by atoms with Gasteiger partial charge in [-0.2, -0.15) is 0 Å². The van der Waals surface area contributed by atoms with Gasteiger partial charge in [0.1, 0.15) is 0 Å². The third-order valence-corrected chi connectivity index (χ3v) is 5.15. The zero-order valence-electron chi connectivity index (χ0n) is 14.1. The van der Waals surface area contributed by atoms with E-state index in [1.165, 1.54) is 6.42 Å². The van der Waals surface area contributed by atoms with Crippen molar-refractivity contribution in [3.05, 3.63) is 0 Å². The first-order chi connectivity index (χ1) is 10.6. The van der Waals surface area contributed by atoms with Crippen molar-refractivity contribution in [2.75, 3.05) is 32.7 Å². The van der Waals surface area contributed by atoms with Crippen LogP contribution in [0.3, 0.4) is 0 Å². The molecule has 0 aromatic heterocycles. The quantitative estimate of drug-likeness (QED) is 0.779. The lowest BCUT2D eigenvalue weighted by atomic mass is 9.95. The number of carbonyl (C=O) groups excluding carboxylic acids is 2. The van der Waals surface area contributed by atoms with Crippen molar-refractivity contribution < 1.29 is 9.59 Å². The van der Waals surface area contributed by atoms with Crippen LogP contribution in [0.2, 0.25) is 0 Å². The van der Waals surface area contributed by atoms with Gasteiger partial charge in [0.2, 0.25) is 11.8 Å². The molecule has 0 saturated carbocycles. The molecule has 5 nitrogen and oxygen atoms in total. The molecule has 2 fully saturated rings. The molecule has 0 bridgehead atoms. The molecule has 0 spiro atoms. The minimum Gasteiger partial charge on any atom is -0.356 e. The summed E-state index contributed by atoms with van der Waals surface area (Å²) in [5.74, 6) is 1.08. The Morgan fingerprint density at radius 3 is 2.86 bits per heavy atom. The van der Waals surface area contributed by atoms with Gasteiger partial charge in [-0.25, -0.2) is 0 Å². The van der Waals surface area contributed by atoms with Crippen LogP contribution in [0.25, 0.3) is 0 Å². The number of nitrogens with zero attached hydrogens (tertiary/aromatic N) is 1. The van der Waals surface area contributed by atoms with Crippen molar-refractivity contribution in [3.63, 3.8) is 0 Å². The SMILES string of the molecule is CCC(C)C(=O)N1CCCC(C(=O)NCCC2CCNC2)C1. The summed E-state index contributed by atoms with van der Waals surface area (Å²) in [6.45, 7) is 8.36. The Kier molecular flexibility index (Phi) is 6.68. The number of amides is 2. The van der Waals surface area contributed by atoms with Crippen LogP contribution in [0, 0.1) is 17.8 Å². The summed E-state index contributed by atoms with van der Waals surface area (Å²) in [7, 11) is 0. The summed E-state index contributed by atoms with van der Waals surface area (Å²) >= 11 is 0. The molecule has 2 saturated heterocycles. The average molecular weight is 309 g/mol. The van der Waals surface area contributed by atoms with Crippen molar-refractivity contribution in [2.45, 2.75) is 46.0 Å². The van der Waals surface area contributed by atoms with Crippen LogP contribution in [0.5, 0.6) is 0 Å². The van der Waals surface area contributed by atoms with E-state index in [0.717, 1.165) is 51.9 Å². The molecule has 2 heterocycles. The fourth-order valence-electron chi connectivity index (χ4n) is 3.38. The molecular weight excluding hydrogens is 278 g/mol. The summed E-state index contributed by atoms with van der Waals surface area (Å²) in [6, 6.07) is 0. The Hall–Kier alpha value is -1.10. The van der Waals surface area contributed by atoms with Crippen LogP contribution >= 0.6 is 0 Å². The van der Waals surface area contributed by atoms with Gasteiger partial charge in [0, 0.05) is 25.6 Å². The fourth-order valence-corrected chi connectivity index (χ4v) is 3.38. The monoisotopic (exact) mass is 309 g/mol. The van der Waals surface area contributed by atoms with Gasteiger partial charge in [0.05, 0.1) is 5.92 Å². The van der Waals surface area contributed by atoms with Gasteiger partial charge in [-0.05, 0) is 51.1 Å².